The third-order valence-corrected chi connectivity index (χ3v) is 2.77. The van der Waals surface area contributed by atoms with Crippen molar-refractivity contribution in [1.82, 2.24) is 0 Å². The second-order valence-electron chi connectivity index (χ2n) is 3.84. The molecule has 1 heterocycles. The molecule has 0 aromatic carbocycles. The third-order valence-electron chi connectivity index (χ3n) is 2.77. The van der Waals surface area contributed by atoms with E-state index in [4.69, 9.17) is 9.47 Å². The summed E-state index contributed by atoms with van der Waals surface area (Å²) in [5.74, 6) is 2.09. The molecule has 0 aromatic rings. The molecule has 0 aromatic heterocycles. The van der Waals surface area contributed by atoms with Crippen molar-refractivity contribution in [2.75, 3.05) is 13.7 Å². The van der Waals surface area contributed by atoms with Gasteiger partial charge in [0.25, 0.3) is 0 Å². The molecule has 1 rings (SSSR count). The quantitative estimate of drug-likeness (QED) is 0.687. The van der Waals surface area contributed by atoms with E-state index in [1.807, 2.05) is 0 Å². The Labute approximate surface area is 93.0 Å². The van der Waals surface area contributed by atoms with E-state index in [0.29, 0.717) is 0 Å². The van der Waals surface area contributed by atoms with Crippen LogP contribution < -0.4 is 0 Å². The van der Waals surface area contributed by atoms with E-state index in [1.54, 1.807) is 7.11 Å². The lowest BCUT2D eigenvalue weighted by molar-refractivity contribution is 0.170. The smallest absolute Gasteiger partial charge is 0.121 e. The molecule has 2 nitrogen and oxygen atoms in total. The van der Waals surface area contributed by atoms with Crippen molar-refractivity contribution in [1.29, 1.82) is 0 Å². The number of rotatable bonds is 5. The van der Waals surface area contributed by atoms with Gasteiger partial charge in [-0.05, 0) is 24.8 Å². The summed E-state index contributed by atoms with van der Waals surface area (Å²) in [7, 11) is 1.73. The van der Waals surface area contributed by atoms with E-state index < -0.39 is 0 Å². The van der Waals surface area contributed by atoms with Crippen LogP contribution in [0.4, 0.5) is 0 Å². The molecule has 0 spiro atoms. The maximum atomic E-state index is 5.68. The van der Waals surface area contributed by atoms with Crippen LogP contribution in [-0.4, -0.2) is 13.7 Å². The van der Waals surface area contributed by atoms with Crippen LogP contribution in [0.15, 0.2) is 23.2 Å². The van der Waals surface area contributed by atoms with Gasteiger partial charge in [-0.3, -0.25) is 0 Å². The van der Waals surface area contributed by atoms with Crippen molar-refractivity contribution in [3.05, 3.63) is 23.2 Å². The molecular formula is C13H22O2. The van der Waals surface area contributed by atoms with Crippen LogP contribution in [-0.2, 0) is 9.47 Å². The highest BCUT2D eigenvalue weighted by molar-refractivity contribution is 5.24. The lowest BCUT2D eigenvalue weighted by Crippen LogP contribution is -2.06. The molecule has 0 aliphatic carbocycles. The Balaban J connectivity index is 2.74. The fourth-order valence-electron chi connectivity index (χ4n) is 1.75. The second kappa shape index (κ2) is 6.54. The zero-order valence-electron chi connectivity index (χ0n) is 10.1. The fourth-order valence-corrected chi connectivity index (χ4v) is 1.75. The average molecular weight is 210 g/mol. The second-order valence-corrected chi connectivity index (χ2v) is 3.84. The van der Waals surface area contributed by atoms with Crippen molar-refractivity contribution in [3.63, 3.8) is 0 Å². The Bertz CT molecular complexity index is 251. The zero-order valence-corrected chi connectivity index (χ0v) is 10.1. The van der Waals surface area contributed by atoms with Crippen LogP contribution in [0.3, 0.4) is 0 Å². The molecule has 0 N–H and O–H groups in total. The Morgan fingerprint density at radius 1 is 1.47 bits per heavy atom. The van der Waals surface area contributed by atoms with E-state index in [9.17, 15) is 0 Å². The summed E-state index contributed by atoms with van der Waals surface area (Å²) in [5, 5.41) is 0. The molecule has 0 unspecified atom stereocenters. The monoisotopic (exact) mass is 210 g/mol. The largest absolute Gasteiger partial charge is 0.501 e. The summed E-state index contributed by atoms with van der Waals surface area (Å²) in [6.45, 7) is 5.16. The minimum absolute atomic E-state index is 0.755. The van der Waals surface area contributed by atoms with E-state index >= 15 is 0 Å². The first kappa shape index (κ1) is 12.2. The van der Waals surface area contributed by atoms with Gasteiger partial charge in [0, 0.05) is 12.5 Å². The molecule has 0 fully saturated rings. The molecule has 1 aliphatic rings. The first-order valence-electron chi connectivity index (χ1n) is 5.91. The van der Waals surface area contributed by atoms with Crippen molar-refractivity contribution in [2.24, 2.45) is 0 Å². The highest BCUT2D eigenvalue weighted by Crippen LogP contribution is 2.24. The first-order valence-corrected chi connectivity index (χ1v) is 5.91. The van der Waals surface area contributed by atoms with Crippen LogP contribution in [0.25, 0.3) is 0 Å². The van der Waals surface area contributed by atoms with Crippen molar-refractivity contribution < 1.29 is 9.47 Å². The maximum absolute atomic E-state index is 5.68. The molecule has 0 atom stereocenters. The Kier molecular flexibility index (Phi) is 5.30. The van der Waals surface area contributed by atoms with Gasteiger partial charge in [-0.15, -0.1) is 0 Å². The third kappa shape index (κ3) is 3.61. The van der Waals surface area contributed by atoms with Gasteiger partial charge in [0.15, 0.2) is 0 Å². The lowest BCUT2D eigenvalue weighted by Gasteiger charge is -2.19. The fraction of sp³-hybridized carbons (Fsp3) is 0.692. The predicted molar refractivity (Wildman–Crippen MR) is 62.5 cm³/mol. The van der Waals surface area contributed by atoms with Gasteiger partial charge in [0.05, 0.1) is 13.7 Å². The number of allylic oxidation sites excluding steroid dienone is 2. The minimum Gasteiger partial charge on any atom is -0.501 e. The number of unbranched alkanes of at least 4 members (excludes halogenated alkanes) is 1. The van der Waals surface area contributed by atoms with Crippen LogP contribution in [0.5, 0.6) is 0 Å². The van der Waals surface area contributed by atoms with Gasteiger partial charge in [0.2, 0.25) is 0 Å². The van der Waals surface area contributed by atoms with Crippen LogP contribution >= 0.6 is 0 Å². The van der Waals surface area contributed by atoms with Crippen molar-refractivity contribution in [3.8, 4) is 0 Å². The normalized spacial score (nSPS) is 19.3. The van der Waals surface area contributed by atoms with Gasteiger partial charge in [-0.1, -0.05) is 20.3 Å². The van der Waals surface area contributed by atoms with E-state index in [-0.39, 0.29) is 0 Å². The summed E-state index contributed by atoms with van der Waals surface area (Å²) in [6.07, 6.45) is 7.64. The van der Waals surface area contributed by atoms with Gasteiger partial charge < -0.3 is 9.47 Å². The highest BCUT2D eigenvalue weighted by atomic mass is 16.5. The molecule has 0 amide bonds. The zero-order chi connectivity index (χ0) is 11.1. The van der Waals surface area contributed by atoms with Gasteiger partial charge in [-0.25, -0.2) is 0 Å². The lowest BCUT2D eigenvalue weighted by atomic mass is 10.0. The van der Waals surface area contributed by atoms with Gasteiger partial charge in [-0.2, -0.15) is 0 Å². The molecule has 1 aliphatic heterocycles. The molecule has 0 saturated carbocycles. The van der Waals surface area contributed by atoms with E-state index in [0.717, 1.165) is 37.4 Å². The summed E-state index contributed by atoms with van der Waals surface area (Å²) in [5.41, 5.74) is 1.42. The topological polar surface area (TPSA) is 18.5 Å². The molecular weight excluding hydrogens is 188 g/mol. The standard InChI is InChI=1S/C13H22O2/c1-4-6-7-11(5-2)13-10-12(14-3)8-9-15-13/h10H,4-9H2,1-3H3/b13-11-. The predicted octanol–water partition coefficient (Wildman–Crippen LogP) is 3.79. The highest BCUT2D eigenvalue weighted by Gasteiger charge is 2.12. The SMILES string of the molecule is CCCC/C(CC)=C1/C=C(OC)CCO1. The summed E-state index contributed by atoms with van der Waals surface area (Å²) in [4.78, 5) is 0. The molecule has 0 bridgehead atoms. The van der Waals surface area contributed by atoms with Crippen LogP contribution in [0.1, 0.15) is 46.0 Å². The molecule has 15 heavy (non-hydrogen) atoms. The van der Waals surface area contributed by atoms with Crippen LogP contribution in [0.2, 0.25) is 0 Å². The number of methoxy groups -OCH3 is 1. The summed E-state index contributed by atoms with van der Waals surface area (Å²) >= 11 is 0. The number of hydrogen-bond donors (Lipinski definition) is 0. The average Bonchev–Trinajstić information content (AvgIpc) is 2.30. The van der Waals surface area contributed by atoms with Crippen LogP contribution in [0, 0.1) is 0 Å². The van der Waals surface area contributed by atoms with Gasteiger partial charge in [0.1, 0.15) is 11.5 Å². The Morgan fingerprint density at radius 2 is 2.27 bits per heavy atom. The number of hydrogen-bond acceptors (Lipinski definition) is 2. The van der Waals surface area contributed by atoms with E-state index in [1.165, 1.54) is 18.4 Å². The Morgan fingerprint density at radius 3 is 2.87 bits per heavy atom. The molecule has 0 radical (unpaired) electrons. The minimum atomic E-state index is 0.755. The van der Waals surface area contributed by atoms with E-state index in [2.05, 4.69) is 19.9 Å². The summed E-state index contributed by atoms with van der Waals surface area (Å²) in [6, 6.07) is 0. The Hall–Kier alpha value is -0.920. The molecule has 86 valence electrons. The molecule has 0 saturated heterocycles. The number of ether oxygens (including phenoxy) is 2. The summed E-state index contributed by atoms with van der Waals surface area (Å²) < 4.78 is 11.0. The van der Waals surface area contributed by atoms with Crippen molar-refractivity contribution in [2.45, 2.75) is 46.0 Å². The van der Waals surface area contributed by atoms with Gasteiger partial charge >= 0.3 is 0 Å². The molecule has 2 heteroatoms. The van der Waals surface area contributed by atoms with Crippen molar-refractivity contribution >= 4 is 0 Å². The maximum Gasteiger partial charge on any atom is 0.121 e. The first-order chi connectivity index (χ1) is 7.31.